The van der Waals surface area contributed by atoms with Gasteiger partial charge in [-0.05, 0) is 13.1 Å². The molecule has 100 valence electrons. The van der Waals surface area contributed by atoms with Crippen LogP contribution in [0.4, 0.5) is 0 Å². The number of methoxy groups -OCH3 is 1. The van der Waals surface area contributed by atoms with E-state index in [4.69, 9.17) is 14.0 Å². The van der Waals surface area contributed by atoms with Crippen LogP contribution in [0.1, 0.15) is 0 Å². The van der Waals surface area contributed by atoms with E-state index in [9.17, 15) is 9.59 Å². The highest BCUT2D eigenvalue weighted by atomic mass is 16.6. The second kappa shape index (κ2) is 5.75. The van der Waals surface area contributed by atoms with E-state index in [-0.39, 0.29) is 13.1 Å². The van der Waals surface area contributed by atoms with Gasteiger partial charge in [0.1, 0.15) is 5.75 Å². The lowest BCUT2D eigenvalue weighted by atomic mass is 9.78. The fourth-order valence-electron chi connectivity index (χ4n) is 1.82. The predicted molar refractivity (Wildman–Crippen MR) is 68.1 cm³/mol. The first kappa shape index (κ1) is 13.4. The molecular weight excluding hydrogens is 249 g/mol. The highest BCUT2D eigenvalue weighted by molar-refractivity contribution is 6.65. The molecule has 1 aliphatic heterocycles. The SMILES string of the molecule is COc1ccccc1B1OC(=O)CN(C)CC(=O)O1. The van der Waals surface area contributed by atoms with Crippen molar-refractivity contribution in [1.29, 1.82) is 0 Å². The normalized spacial score (nSPS) is 17.3. The molecule has 0 atom stereocenters. The third-order valence-electron chi connectivity index (χ3n) is 2.67. The van der Waals surface area contributed by atoms with Crippen LogP contribution in [0.3, 0.4) is 0 Å². The standard InChI is InChI=1S/C12H14BNO5/c1-14-7-11(15)18-13(19-12(16)8-14)9-5-3-4-6-10(9)17-2/h3-6H,7-8H2,1-2H3. The first-order valence-electron chi connectivity index (χ1n) is 5.80. The Morgan fingerprint density at radius 3 is 2.32 bits per heavy atom. The Hall–Kier alpha value is -2.02. The quantitative estimate of drug-likeness (QED) is 0.665. The minimum atomic E-state index is -1.06. The van der Waals surface area contributed by atoms with Gasteiger partial charge >= 0.3 is 19.1 Å². The van der Waals surface area contributed by atoms with E-state index in [1.165, 1.54) is 12.0 Å². The van der Waals surface area contributed by atoms with Crippen molar-refractivity contribution in [3.63, 3.8) is 0 Å². The van der Waals surface area contributed by atoms with Gasteiger partial charge in [-0.3, -0.25) is 14.5 Å². The van der Waals surface area contributed by atoms with Crippen LogP contribution in [0.2, 0.25) is 0 Å². The van der Waals surface area contributed by atoms with Gasteiger partial charge in [-0.2, -0.15) is 0 Å². The number of para-hydroxylation sites is 1. The molecule has 0 N–H and O–H groups in total. The maximum atomic E-state index is 11.6. The summed E-state index contributed by atoms with van der Waals surface area (Å²) in [6.07, 6.45) is 0. The zero-order valence-corrected chi connectivity index (χ0v) is 10.8. The molecule has 0 aromatic heterocycles. The van der Waals surface area contributed by atoms with Crippen LogP contribution in [0.15, 0.2) is 24.3 Å². The molecule has 0 unspecified atom stereocenters. The molecule has 1 aliphatic rings. The second-order valence-corrected chi connectivity index (χ2v) is 4.23. The van der Waals surface area contributed by atoms with Crippen molar-refractivity contribution in [3.8, 4) is 5.75 Å². The summed E-state index contributed by atoms with van der Waals surface area (Å²) in [4.78, 5) is 24.8. The summed E-state index contributed by atoms with van der Waals surface area (Å²) in [5, 5.41) is 0. The summed E-state index contributed by atoms with van der Waals surface area (Å²) in [7, 11) is 2.08. The third kappa shape index (κ3) is 3.26. The summed E-state index contributed by atoms with van der Waals surface area (Å²) in [5.74, 6) is -0.404. The molecular formula is C12H14BNO5. The highest BCUT2D eigenvalue weighted by Gasteiger charge is 2.35. The molecule has 1 aromatic rings. The highest BCUT2D eigenvalue weighted by Crippen LogP contribution is 2.10. The number of ether oxygens (including phenoxy) is 1. The lowest BCUT2D eigenvalue weighted by molar-refractivity contribution is -0.145. The molecule has 0 saturated carbocycles. The summed E-state index contributed by atoms with van der Waals surface area (Å²) in [5.41, 5.74) is 0.510. The Morgan fingerprint density at radius 1 is 1.16 bits per heavy atom. The van der Waals surface area contributed by atoms with Crippen LogP contribution >= 0.6 is 0 Å². The fraction of sp³-hybridized carbons (Fsp3) is 0.333. The van der Waals surface area contributed by atoms with Crippen molar-refractivity contribution in [2.24, 2.45) is 0 Å². The van der Waals surface area contributed by atoms with E-state index in [0.717, 1.165) is 0 Å². The maximum Gasteiger partial charge on any atom is 0.640 e. The first-order valence-corrected chi connectivity index (χ1v) is 5.80. The predicted octanol–water partition coefficient (Wildman–Crippen LogP) is -0.578. The van der Waals surface area contributed by atoms with Crippen LogP contribution < -0.4 is 10.2 Å². The number of likely N-dealkylation sites (N-methyl/N-ethyl adjacent to an activating group) is 1. The number of hydrogen-bond donors (Lipinski definition) is 0. The Balaban J connectivity index is 2.26. The Kier molecular flexibility index (Phi) is 4.06. The van der Waals surface area contributed by atoms with Crippen molar-refractivity contribution in [2.75, 3.05) is 27.2 Å². The van der Waals surface area contributed by atoms with E-state index in [1.54, 1.807) is 31.3 Å². The molecule has 0 bridgehead atoms. The van der Waals surface area contributed by atoms with Gasteiger partial charge in [0.2, 0.25) is 0 Å². The van der Waals surface area contributed by atoms with Crippen LogP contribution in [0.5, 0.6) is 5.75 Å². The molecule has 1 fully saturated rings. The molecule has 7 heteroatoms. The average Bonchev–Trinajstić information content (AvgIpc) is 2.35. The van der Waals surface area contributed by atoms with E-state index in [0.29, 0.717) is 11.2 Å². The average molecular weight is 263 g/mol. The summed E-state index contributed by atoms with van der Waals surface area (Å²) in [6.45, 7) is 0.0848. The maximum absolute atomic E-state index is 11.6. The van der Waals surface area contributed by atoms with Gasteiger partial charge in [-0.1, -0.05) is 18.2 Å². The van der Waals surface area contributed by atoms with Gasteiger partial charge in [0.15, 0.2) is 0 Å². The molecule has 1 heterocycles. The van der Waals surface area contributed by atoms with Crippen LogP contribution in [-0.2, 0) is 18.9 Å². The van der Waals surface area contributed by atoms with Gasteiger partial charge in [0, 0.05) is 0 Å². The Morgan fingerprint density at radius 2 is 1.74 bits per heavy atom. The van der Waals surface area contributed by atoms with E-state index >= 15 is 0 Å². The van der Waals surface area contributed by atoms with Crippen molar-refractivity contribution in [1.82, 2.24) is 4.90 Å². The number of hydrogen-bond acceptors (Lipinski definition) is 6. The molecule has 0 spiro atoms. The number of carbonyl (C=O) groups is 2. The van der Waals surface area contributed by atoms with E-state index < -0.39 is 19.1 Å². The van der Waals surface area contributed by atoms with E-state index in [1.807, 2.05) is 0 Å². The summed E-state index contributed by atoms with van der Waals surface area (Å²) < 4.78 is 15.5. The molecule has 0 aliphatic carbocycles. The molecule has 0 amide bonds. The third-order valence-corrected chi connectivity index (χ3v) is 2.67. The Bertz CT molecular complexity index is 473. The minimum absolute atomic E-state index is 0.0424. The number of nitrogens with zero attached hydrogens (tertiary/aromatic N) is 1. The van der Waals surface area contributed by atoms with Crippen molar-refractivity contribution >= 4 is 24.5 Å². The topological polar surface area (TPSA) is 65.1 Å². The summed E-state index contributed by atoms with van der Waals surface area (Å²) in [6, 6.07) is 6.93. The Labute approximate surface area is 111 Å². The summed E-state index contributed by atoms with van der Waals surface area (Å²) >= 11 is 0. The van der Waals surface area contributed by atoms with Crippen LogP contribution in [0, 0.1) is 0 Å². The second-order valence-electron chi connectivity index (χ2n) is 4.23. The lowest BCUT2D eigenvalue weighted by Crippen LogP contribution is -2.48. The zero-order valence-electron chi connectivity index (χ0n) is 10.8. The number of carbonyl (C=O) groups excluding carboxylic acids is 2. The van der Waals surface area contributed by atoms with Gasteiger partial charge in [-0.25, -0.2) is 0 Å². The first-order chi connectivity index (χ1) is 9.10. The molecule has 6 nitrogen and oxygen atoms in total. The van der Waals surface area contributed by atoms with E-state index in [2.05, 4.69) is 0 Å². The molecule has 1 aromatic carbocycles. The van der Waals surface area contributed by atoms with Gasteiger partial charge < -0.3 is 14.0 Å². The lowest BCUT2D eigenvalue weighted by Gasteiger charge is -2.23. The minimum Gasteiger partial charge on any atom is -0.497 e. The fourth-order valence-corrected chi connectivity index (χ4v) is 1.82. The van der Waals surface area contributed by atoms with Crippen LogP contribution in [-0.4, -0.2) is 51.2 Å². The van der Waals surface area contributed by atoms with Gasteiger partial charge in [-0.15, -0.1) is 0 Å². The number of benzene rings is 1. The molecule has 2 rings (SSSR count). The van der Waals surface area contributed by atoms with Crippen molar-refractivity contribution in [2.45, 2.75) is 0 Å². The van der Waals surface area contributed by atoms with Crippen molar-refractivity contribution < 1.29 is 23.6 Å². The van der Waals surface area contributed by atoms with Crippen LogP contribution in [0.25, 0.3) is 0 Å². The molecule has 0 radical (unpaired) electrons. The zero-order chi connectivity index (χ0) is 13.8. The molecule has 19 heavy (non-hydrogen) atoms. The van der Waals surface area contributed by atoms with Crippen molar-refractivity contribution in [3.05, 3.63) is 24.3 Å². The number of rotatable bonds is 2. The monoisotopic (exact) mass is 263 g/mol. The molecule has 1 saturated heterocycles. The van der Waals surface area contributed by atoms with Gasteiger partial charge in [0.25, 0.3) is 0 Å². The van der Waals surface area contributed by atoms with Gasteiger partial charge in [0.05, 0.1) is 25.7 Å². The smallest absolute Gasteiger partial charge is 0.497 e. The largest absolute Gasteiger partial charge is 0.640 e.